The van der Waals surface area contributed by atoms with Crippen LogP contribution in [0.1, 0.15) is 43.1 Å². The van der Waals surface area contributed by atoms with E-state index in [0.717, 1.165) is 12.0 Å². The molecule has 7 nitrogen and oxygen atoms in total. The lowest BCUT2D eigenvalue weighted by molar-refractivity contribution is 0.0693. The number of oxime groups is 1. The third-order valence-electron chi connectivity index (χ3n) is 4.54. The molecule has 0 amide bonds. The molecule has 0 saturated heterocycles. The zero-order valence-corrected chi connectivity index (χ0v) is 19.6. The van der Waals surface area contributed by atoms with Gasteiger partial charge in [-0.3, -0.25) is 0 Å². The zero-order chi connectivity index (χ0) is 24.3. The molecule has 3 rings (SSSR count). The van der Waals surface area contributed by atoms with Crippen molar-refractivity contribution in [3.05, 3.63) is 83.9 Å². The molecule has 0 spiro atoms. The molecule has 3 aromatic rings. The van der Waals surface area contributed by atoms with E-state index in [9.17, 15) is 9.90 Å². The highest BCUT2D eigenvalue weighted by atomic mass is 16.6. The van der Waals surface area contributed by atoms with E-state index in [1.807, 2.05) is 75.4 Å². The Hall–Kier alpha value is -4.00. The van der Waals surface area contributed by atoms with Gasteiger partial charge in [-0.1, -0.05) is 42.4 Å². The quantitative estimate of drug-likeness (QED) is 0.196. The summed E-state index contributed by atoms with van der Waals surface area (Å²) in [6, 6.07) is 21.5. The minimum Gasteiger partial charge on any atom is -0.491 e. The van der Waals surface area contributed by atoms with Gasteiger partial charge in [-0.05, 0) is 56.7 Å². The van der Waals surface area contributed by atoms with Gasteiger partial charge in [-0.25, -0.2) is 4.79 Å². The number of carbonyl (C=O) groups is 1. The number of benzene rings is 3. The largest absolute Gasteiger partial charge is 0.491 e. The maximum atomic E-state index is 11.7. The summed E-state index contributed by atoms with van der Waals surface area (Å²) in [6.07, 6.45) is 0.738. The monoisotopic (exact) mass is 463 g/mol. The minimum absolute atomic E-state index is 0.0100. The molecule has 3 aromatic carbocycles. The Balaban J connectivity index is 1.85. The Morgan fingerprint density at radius 3 is 2.41 bits per heavy atom. The lowest BCUT2D eigenvalue weighted by atomic mass is 10.1. The SMILES string of the molecule is CCCO/N=C(\COc1cc(OC(C)C)ccc1C(=O)O)c1cccc(Oc2ccccc2)c1. The van der Waals surface area contributed by atoms with Crippen LogP contribution in [0.2, 0.25) is 0 Å². The third kappa shape index (κ3) is 7.27. The minimum atomic E-state index is -1.09. The first kappa shape index (κ1) is 24.6. The van der Waals surface area contributed by atoms with Crippen LogP contribution >= 0.6 is 0 Å². The smallest absolute Gasteiger partial charge is 0.339 e. The number of aromatic carboxylic acids is 1. The number of carboxylic acids is 1. The van der Waals surface area contributed by atoms with Gasteiger partial charge in [0.15, 0.2) is 0 Å². The molecule has 7 heteroatoms. The van der Waals surface area contributed by atoms with Crippen LogP contribution in [0.15, 0.2) is 78.0 Å². The lowest BCUT2D eigenvalue weighted by Crippen LogP contribution is -2.16. The van der Waals surface area contributed by atoms with Crippen molar-refractivity contribution in [2.75, 3.05) is 13.2 Å². The molecule has 0 unspecified atom stereocenters. The van der Waals surface area contributed by atoms with Crippen molar-refractivity contribution in [3.63, 3.8) is 0 Å². The zero-order valence-electron chi connectivity index (χ0n) is 19.6. The van der Waals surface area contributed by atoms with Crippen molar-refractivity contribution in [1.82, 2.24) is 0 Å². The molecule has 0 aliphatic heterocycles. The van der Waals surface area contributed by atoms with Gasteiger partial charge in [-0.15, -0.1) is 0 Å². The van der Waals surface area contributed by atoms with Gasteiger partial charge in [0, 0.05) is 11.6 Å². The van der Waals surface area contributed by atoms with Gasteiger partial charge in [0.05, 0.1) is 6.10 Å². The molecular weight excluding hydrogens is 434 g/mol. The number of hydrogen-bond acceptors (Lipinski definition) is 6. The van der Waals surface area contributed by atoms with Crippen molar-refractivity contribution in [3.8, 4) is 23.0 Å². The second-order valence-electron chi connectivity index (χ2n) is 7.73. The third-order valence-corrected chi connectivity index (χ3v) is 4.54. The van der Waals surface area contributed by atoms with Gasteiger partial charge in [0.2, 0.25) is 0 Å². The van der Waals surface area contributed by atoms with Crippen LogP contribution in [0.4, 0.5) is 0 Å². The average Bonchev–Trinajstić information content (AvgIpc) is 2.81. The van der Waals surface area contributed by atoms with E-state index in [0.29, 0.717) is 29.6 Å². The Bertz CT molecular complexity index is 1110. The van der Waals surface area contributed by atoms with Crippen LogP contribution in [0.25, 0.3) is 0 Å². The van der Waals surface area contributed by atoms with Crippen molar-refractivity contribution in [2.24, 2.45) is 5.16 Å². The number of carboxylic acid groups (broad SMARTS) is 1. The molecule has 1 N–H and O–H groups in total. The highest BCUT2D eigenvalue weighted by Crippen LogP contribution is 2.27. The summed E-state index contributed by atoms with van der Waals surface area (Å²) < 4.78 is 17.5. The summed E-state index contributed by atoms with van der Waals surface area (Å²) in [4.78, 5) is 17.1. The first-order valence-corrected chi connectivity index (χ1v) is 11.1. The fraction of sp³-hybridized carbons (Fsp3) is 0.259. The van der Waals surface area contributed by atoms with E-state index in [2.05, 4.69) is 5.16 Å². The predicted molar refractivity (Wildman–Crippen MR) is 130 cm³/mol. The molecule has 34 heavy (non-hydrogen) atoms. The number of ether oxygens (including phenoxy) is 3. The van der Waals surface area contributed by atoms with Gasteiger partial charge >= 0.3 is 5.97 Å². The summed E-state index contributed by atoms with van der Waals surface area (Å²) in [5, 5.41) is 13.8. The first-order chi connectivity index (χ1) is 16.5. The van der Waals surface area contributed by atoms with Crippen molar-refractivity contribution in [2.45, 2.75) is 33.3 Å². The maximum absolute atomic E-state index is 11.7. The van der Waals surface area contributed by atoms with E-state index >= 15 is 0 Å². The standard InChI is InChI=1S/C27H29NO6/c1-4-15-32-28-25(20-9-8-12-22(16-20)34-21-10-6-5-7-11-21)18-31-26-17-23(33-19(2)3)13-14-24(26)27(29)30/h5-14,16-17,19H,4,15,18H2,1-3H3,(H,29,30)/b28-25+. The van der Waals surface area contributed by atoms with Crippen molar-refractivity contribution in [1.29, 1.82) is 0 Å². The summed E-state index contributed by atoms with van der Waals surface area (Å²) in [7, 11) is 0. The van der Waals surface area contributed by atoms with E-state index in [1.165, 1.54) is 6.07 Å². The van der Waals surface area contributed by atoms with Gasteiger partial charge in [0.1, 0.15) is 47.5 Å². The van der Waals surface area contributed by atoms with E-state index in [4.69, 9.17) is 19.0 Å². The van der Waals surface area contributed by atoms with Crippen molar-refractivity contribution < 1.29 is 28.9 Å². The Morgan fingerprint density at radius 2 is 1.71 bits per heavy atom. The van der Waals surface area contributed by atoms with Crippen LogP contribution in [0, 0.1) is 0 Å². The second kappa shape index (κ2) is 12.3. The lowest BCUT2D eigenvalue weighted by Gasteiger charge is -2.15. The van der Waals surface area contributed by atoms with E-state index in [1.54, 1.807) is 12.1 Å². The number of hydrogen-bond donors (Lipinski definition) is 1. The molecule has 0 aliphatic carbocycles. The summed E-state index contributed by atoms with van der Waals surface area (Å²) in [6.45, 7) is 6.21. The number of nitrogens with zero attached hydrogens (tertiary/aromatic N) is 1. The molecule has 0 radical (unpaired) electrons. The van der Waals surface area contributed by atoms with Crippen molar-refractivity contribution >= 4 is 11.7 Å². The Labute approximate surface area is 199 Å². The molecule has 0 aliphatic rings. The predicted octanol–water partition coefficient (Wildman–Crippen LogP) is 6.17. The molecule has 178 valence electrons. The normalized spacial score (nSPS) is 11.2. The Kier molecular flexibility index (Phi) is 8.91. The molecule has 0 aromatic heterocycles. The second-order valence-corrected chi connectivity index (χ2v) is 7.73. The number of rotatable bonds is 12. The average molecular weight is 464 g/mol. The molecule has 0 atom stereocenters. The van der Waals surface area contributed by atoms with Gasteiger partial charge in [0.25, 0.3) is 0 Å². The van der Waals surface area contributed by atoms with Crippen LogP contribution in [0.5, 0.6) is 23.0 Å². The van der Waals surface area contributed by atoms with Gasteiger partial charge in [-0.2, -0.15) is 0 Å². The van der Waals surface area contributed by atoms with Crippen LogP contribution in [-0.2, 0) is 4.84 Å². The summed E-state index contributed by atoms with van der Waals surface area (Å²) in [5.41, 5.74) is 1.26. The number of para-hydroxylation sites is 1. The fourth-order valence-electron chi connectivity index (χ4n) is 3.03. The summed E-state index contributed by atoms with van der Waals surface area (Å²) in [5.74, 6) is 0.958. The highest BCUT2D eigenvalue weighted by molar-refractivity contribution is 6.02. The summed E-state index contributed by atoms with van der Waals surface area (Å²) >= 11 is 0. The van der Waals surface area contributed by atoms with Gasteiger partial charge < -0.3 is 24.2 Å². The van der Waals surface area contributed by atoms with E-state index in [-0.39, 0.29) is 24.0 Å². The molecule has 0 bridgehead atoms. The van der Waals surface area contributed by atoms with E-state index < -0.39 is 5.97 Å². The molecular formula is C27H29NO6. The molecule has 0 fully saturated rings. The van der Waals surface area contributed by atoms with Crippen LogP contribution in [-0.4, -0.2) is 36.1 Å². The molecule has 0 heterocycles. The molecule has 0 saturated carbocycles. The first-order valence-electron chi connectivity index (χ1n) is 11.1. The van der Waals surface area contributed by atoms with Crippen LogP contribution in [0.3, 0.4) is 0 Å². The topological polar surface area (TPSA) is 86.6 Å². The fourth-order valence-corrected chi connectivity index (χ4v) is 3.03. The maximum Gasteiger partial charge on any atom is 0.339 e. The van der Waals surface area contributed by atoms with Crippen LogP contribution < -0.4 is 14.2 Å². The Morgan fingerprint density at radius 1 is 0.941 bits per heavy atom. The highest BCUT2D eigenvalue weighted by Gasteiger charge is 2.16.